The molecule has 2 rings (SSSR count). The number of anilines is 1. The first-order chi connectivity index (χ1) is 11.4. The Kier molecular flexibility index (Phi) is 6.03. The summed E-state index contributed by atoms with van der Waals surface area (Å²) in [6, 6.07) is 6.67. The molecule has 2 aromatic rings. The molecule has 7 heteroatoms. The minimum atomic E-state index is -0.685. The van der Waals surface area contributed by atoms with Crippen molar-refractivity contribution in [1.82, 2.24) is 0 Å². The summed E-state index contributed by atoms with van der Waals surface area (Å²) in [7, 11) is 3.04. The third kappa shape index (κ3) is 4.38. The first-order valence-corrected chi connectivity index (χ1v) is 8.03. The second-order valence-corrected chi connectivity index (χ2v) is 5.95. The number of aryl methyl sites for hydroxylation is 1. The van der Waals surface area contributed by atoms with Crippen molar-refractivity contribution in [3.8, 4) is 11.5 Å². The van der Waals surface area contributed by atoms with Crippen LogP contribution < -0.4 is 14.8 Å². The number of hydrogen-bond donors (Lipinski definition) is 1. The van der Waals surface area contributed by atoms with Crippen LogP contribution in [0.5, 0.6) is 11.5 Å². The summed E-state index contributed by atoms with van der Waals surface area (Å²) >= 11 is 0.997. The SMILES string of the molecule is COc1cc(C)c(NC(=O)CSc2ccc(F)cc2F)cc1OC. The van der Waals surface area contributed by atoms with Crippen molar-refractivity contribution in [2.45, 2.75) is 11.8 Å². The number of hydrogen-bond acceptors (Lipinski definition) is 4. The van der Waals surface area contributed by atoms with Gasteiger partial charge in [0.05, 0.1) is 20.0 Å². The van der Waals surface area contributed by atoms with Gasteiger partial charge in [-0.3, -0.25) is 4.79 Å². The third-order valence-electron chi connectivity index (χ3n) is 3.26. The molecule has 1 N–H and O–H groups in total. The smallest absolute Gasteiger partial charge is 0.234 e. The van der Waals surface area contributed by atoms with Gasteiger partial charge in [0.1, 0.15) is 11.6 Å². The molecule has 2 aromatic carbocycles. The molecule has 0 saturated carbocycles. The van der Waals surface area contributed by atoms with Gasteiger partial charge < -0.3 is 14.8 Å². The second-order valence-electron chi connectivity index (χ2n) is 4.93. The molecule has 0 bridgehead atoms. The van der Waals surface area contributed by atoms with Gasteiger partial charge in [-0.05, 0) is 30.7 Å². The van der Waals surface area contributed by atoms with Gasteiger partial charge >= 0.3 is 0 Å². The Morgan fingerprint density at radius 2 is 1.79 bits per heavy atom. The first kappa shape index (κ1) is 18.1. The maximum Gasteiger partial charge on any atom is 0.234 e. The highest BCUT2D eigenvalue weighted by atomic mass is 32.2. The van der Waals surface area contributed by atoms with Crippen LogP contribution in [0.1, 0.15) is 5.56 Å². The van der Waals surface area contributed by atoms with E-state index in [1.807, 2.05) is 6.92 Å². The fraction of sp³-hybridized carbons (Fsp3) is 0.235. The summed E-state index contributed by atoms with van der Waals surface area (Å²) in [5.74, 6) is -0.584. The Morgan fingerprint density at radius 1 is 1.12 bits per heavy atom. The highest BCUT2D eigenvalue weighted by Crippen LogP contribution is 2.33. The lowest BCUT2D eigenvalue weighted by atomic mass is 10.1. The minimum absolute atomic E-state index is 0.00363. The Balaban J connectivity index is 2.04. The van der Waals surface area contributed by atoms with E-state index >= 15 is 0 Å². The molecule has 0 fully saturated rings. The lowest BCUT2D eigenvalue weighted by Crippen LogP contribution is -2.15. The summed E-state index contributed by atoms with van der Waals surface area (Å²) in [6.07, 6.45) is 0. The highest BCUT2D eigenvalue weighted by Gasteiger charge is 2.12. The van der Waals surface area contributed by atoms with E-state index in [9.17, 15) is 13.6 Å². The maximum atomic E-state index is 13.6. The summed E-state index contributed by atoms with van der Waals surface area (Å²) in [5.41, 5.74) is 1.39. The highest BCUT2D eigenvalue weighted by molar-refractivity contribution is 8.00. The van der Waals surface area contributed by atoms with Gasteiger partial charge in [-0.15, -0.1) is 11.8 Å². The predicted molar refractivity (Wildman–Crippen MR) is 90.0 cm³/mol. The van der Waals surface area contributed by atoms with Gasteiger partial charge in [0, 0.05) is 22.7 Å². The molecule has 0 heterocycles. The fourth-order valence-electron chi connectivity index (χ4n) is 2.04. The van der Waals surface area contributed by atoms with Gasteiger partial charge in [-0.25, -0.2) is 8.78 Å². The van der Waals surface area contributed by atoms with Crippen molar-refractivity contribution < 1.29 is 23.0 Å². The average molecular weight is 353 g/mol. The summed E-state index contributed by atoms with van der Waals surface area (Å²) in [4.78, 5) is 12.3. The topological polar surface area (TPSA) is 47.6 Å². The van der Waals surface area contributed by atoms with Crippen molar-refractivity contribution in [2.75, 3.05) is 25.3 Å². The number of ether oxygens (including phenoxy) is 2. The zero-order valence-electron chi connectivity index (χ0n) is 13.5. The number of amides is 1. The minimum Gasteiger partial charge on any atom is -0.493 e. The third-order valence-corrected chi connectivity index (χ3v) is 4.31. The molecule has 0 aliphatic carbocycles. The quantitative estimate of drug-likeness (QED) is 0.797. The largest absolute Gasteiger partial charge is 0.493 e. The normalized spacial score (nSPS) is 10.4. The lowest BCUT2D eigenvalue weighted by molar-refractivity contribution is -0.113. The van der Waals surface area contributed by atoms with Gasteiger partial charge in [0.2, 0.25) is 5.91 Å². The van der Waals surface area contributed by atoms with Crippen molar-refractivity contribution in [3.63, 3.8) is 0 Å². The molecule has 4 nitrogen and oxygen atoms in total. The van der Waals surface area contributed by atoms with E-state index in [0.717, 1.165) is 29.5 Å². The van der Waals surface area contributed by atoms with E-state index in [-0.39, 0.29) is 16.6 Å². The van der Waals surface area contributed by atoms with Crippen LogP contribution in [-0.4, -0.2) is 25.9 Å². The van der Waals surface area contributed by atoms with E-state index in [0.29, 0.717) is 17.2 Å². The predicted octanol–water partition coefficient (Wildman–Crippen LogP) is 4.02. The zero-order chi connectivity index (χ0) is 17.7. The molecule has 0 radical (unpaired) electrons. The Morgan fingerprint density at radius 3 is 2.42 bits per heavy atom. The Bertz CT molecular complexity index is 753. The molecule has 128 valence electrons. The van der Waals surface area contributed by atoms with Crippen LogP contribution in [0.15, 0.2) is 35.2 Å². The molecule has 0 atom stereocenters. The molecule has 0 aromatic heterocycles. The number of thioether (sulfide) groups is 1. The van der Waals surface area contributed by atoms with E-state index < -0.39 is 11.6 Å². The van der Waals surface area contributed by atoms with Crippen LogP contribution in [-0.2, 0) is 4.79 Å². The van der Waals surface area contributed by atoms with Crippen LogP contribution >= 0.6 is 11.8 Å². The summed E-state index contributed by atoms with van der Waals surface area (Å²) in [6.45, 7) is 1.82. The number of halogens is 2. The first-order valence-electron chi connectivity index (χ1n) is 7.05. The van der Waals surface area contributed by atoms with Gasteiger partial charge in [0.25, 0.3) is 0 Å². The van der Waals surface area contributed by atoms with E-state index in [2.05, 4.69) is 5.32 Å². The van der Waals surface area contributed by atoms with Crippen molar-refractivity contribution in [1.29, 1.82) is 0 Å². The zero-order valence-corrected chi connectivity index (χ0v) is 14.3. The van der Waals surface area contributed by atoms with Crippen LogP contribution in [0.4, 0.5) is 14.5 Å². The lowest BCUT2D eigenvalue weighted by Gasteiger charge is -2.13. The maximum absolute atomic E-state index is 13.6. The fourth-order valence-corrected chi connectivity index (χ4v) is 2.76. The van der Waals surface area contributed by atoms with Gasteiger partial charge in [0.15, 0.2) is 11.5 Å². The number of carbonyl (C=O) groups excluding carboxylic acids is 1. The van der Waals surface area contributed by atoms with Crippen molar-refractivity contribution in [2.24, 2.45) is 0 Å². The number of rotatable bonds is 6. The number of nitrogens with one attached hydrogen (secondary N) is 1. The molecule has 0 unspecified atom stereocenters. The molecule has 0 spiro atoms. The number of benzene rings is 2. The van der Waals surface area contributed by atoms with E-state index in [1.54, 1.807) is 12.1 Å². The van der Waals surface area contributed by atoms with Gasteiger partial charge in [-0.1, -0.05) is 0 Å². The Hall–Kier alpha value is -2.28. The summed E-state index contributed by atoms with van der Waals surface area (Å²) in [5, 5.41) is 2.75. The van der Waals surface area contributed by atoms with Crippen LogP contribution in [0.2, 0.25) is 0 Å². The number of methoxy groups -OCH3 is 2. The molecule has 0 aliphatic rings. The van der Waals surface area contributed by atoms with Gasteiger partial charge in [-0.2, -0.15) is 0 Å². The molecule has 1 amide bonds. The molecule has 0 saturated heterocycles. The summed E-state index contributed by atoms with van der Waals surface area (Å²) < 4.78 is 36.8. The van der Waals surface area contributed by atoms with Crippen LogP contribution in [0, 0.1) is 18.6 Å². The van der Waals surface area contributed by atoms with Crippen molar-refractivity contribution in [3.05, 3.63) is 47.5 Å². The molecule has 0 aliphatic heterocycles. The van der Waals surface area contributed by atoms with E-state index in [4.69, 9.17) is 9.47 Å². The second kappa shape index (κ2) is 8.01. The monoisotopic (exact) mass is 353 g/mol. The average Bonchev–Trinajstić information content (AvgIpc) is 2.55. The van der Waals surface area contributed by atoms with Crippen LogP contribution in [0.3, 0.4) is 0 Å². The van der Waals surface area contributed by atoms with Crippen molar-refractivity contribution >= 4 is 23.4 Å². The number of carbonyl (C=O) groups is 1. The van der Waals surface area contributed by atoms with Crippen LogP contribution in [0.25, 0.3) is 0 Å². The standard InChI is InChI=1S/C17H17F2NO3S/c1-10-6-14(22-2)15(23-3)8-13(10)20-17(21)9-24-16-5-4-11(18)7-12(16)19/h4-8H,9H2,1-3H3,(H,20,21). The molecular weight excluding hydrogens is 336 g/mol. The van der Waals surface area contributed by atoms with E-state index in [1.165, 1.54) is 20.3 Å². The Labute approximate surface area is 143 Å². The molecular formula is C17H17F2NO3S. The molecule has 24 heavy (non-hydrogen) atoms.